The van der Waals surface area contributed by atoms with Crippen LogP contribution in [0.2, 0.25) is 0 Å². The van der Waals surface area contributed by atoms with Crippen molar-refractivity contribution in [3.05, 3.63) is 0 Å². The standard InChI is InChI=1S/C8H13NO5S/c1-5(10)7(11)13-14-8(12)6(9)3-4-15-2/h6H,3-4,9H2,1-2H3/t6-/m0/s1. The summed E-state index contributed by atoms with van der Waals surface area (Å²) in [5.74, 6) is -2.24. The average molecular weight is 235 g/mol. The molecule has 0 bridgehead atoms. The fourth-order valence-corrected chi connectivity index (χ4v) is 1.05. The summed E-state index contributed by atoms with van der Waals surface area (Å²) in [6.45, 7) is 1.00. The second-order valence-electron chi connectivity index (χ2n) is 2.72. The molecule has 15 heavy (non-hydrogen) atoms. The van der Waals surface area contributed by atoms with Gasteiger partial charge in [-0.25, -0.2) is 19.4 Å². The highest BCUT2D eigenvalue weighted by atomic mass is 32.2. The second kappa shape index (κ2) is 7.24. The van der Waals surface area contributed by atoms with Crippen molar-refractivity contribution in [2.24, 2.45) is 5.73 Å². The maximum atomic E-state index is 11.0. The predicted octanol–water partition coefficient (Wildman–Crippen LogP) is -0.343. The number of hydrogen-bond acceptors (Lipinski definition) is 7. The van der Waals surface area contributed by atoms with E-state index in [1.54, 1.807) is 0 Å². The summed E-state index contributed by atoms with van der Waals surface area (Å²) < 4.78 is 0. The van der Waals surface area contributed by atoms with E-state index in [-0.39, 0.29) is 0 Å². The summed E-state index contributed by atoms with van der Waals surface area (Å²) in [6.07, 6.45) is 2.28. The Bertz CT molecular complexity index is 255. The average Bonchev–Trinajstić information content (AvgIpc) is 2.21. The molecule has 0 saturated carbocycles. The summed E-state index contributed by atoms with van der Waals surface area (Å²) in [7, 11) is 0. The van der Waals surface area contributed by atoms with Gasteiger partial charge in [0.1, 0.15) is 6.04 Å². The van der Waals surface area contributed by atoms with Crippen LogP contribution in [0, 0.1) is 0 Å². The number of hydrogen-bond donors (Lipinski definition) is 1. The van der Waals surface area contributed by atoms with E-state index in [1.165, 1.54) is 11.8 Å². The van der Waals surface area contributed by atoms with E-state index in [0.29, 0.717) is 12.2 Å². The molecule has 0 amide bonds. The molecule has 2 N–H and O–H groups in total. The fraction of sp³-hybridized carbons (Fsp3) is 0.625. The molecule has 0 radical (unpaired) electrons. The molecule has 86 valence electrons. The number of rotatable bonds is 5. The number of Topliss-reactive ketones (excluding diaryl/α,β-unsaturated/α-hetero) is 1. The first kappa shape index (κ1) is 13.9. The van der Waals surface area contributed by atoms with Crippen molar-refractivity contribution < 1.29 is 24.2 Å². The van der Waals surface area contributed by atoms with Crippen LogP contribution in [0.25, 0.3) is 0 Å². The molecule has 0 unspecified atom stereocenters. The van der Waals surface area contributed by atoms with Gasteiger partial charge in [0.15, 0.2) is 0 Å². The summed E-state index contributed by atoms with van der Waals surface area (Å²) in [5, 5.41) is 0. The number of nitrogens with two attached hydrogens (primary N) is 1. The van der Waals surface area contributed by atoms with E-state index in [0.717, 1.165) is 6.92 Å². The zero-order chi connectivity index (χ0) is 11.8. The molecule has 0 heterocycles. The number of carbonyl (C=O) groups excluding carboxylic acids is 3. The largest absolute Gasteiger partial charge is 0.421 e. The quantitative estimate of drug-likeness (QED) is 0.395. The molecule has 0 aliphatic rings. The van der Waals surface area contributed by atoms with E-state index >= 15 is 0 Å². The number of ketones is 1. The molecule has 0 aliphatic carbocycles. The second-order valence-corrected chi connectivity index (χ2v) is 3.70. The van der Waals surface area contributed by atoms with Crippen molar-refractivity contribution >= 4 is 29.5 Å². The minimum atomic E-state index is -1.22. The van der Waals surface area contributed by atoms with E-state index in [2.05, 4.69) is 9.78 Å². The summed E-state index contributed by atoms with van der Waals surface area (Å²) in [5.41, 5.74) is 5.40. The molecular weight excluding hydrogens is 222 g/mol. The molecule has 7 heteroatoms. The van der Waals surface area contributed by atoms with Gasteiger partial charge in [0, 0.05) is 6.92 Å². The minimum absolute atomic E-state index is 0.414. The van der Waals surface area contributed by atoms with Gasteiger partial charge in [0.25, 0.3) is 0 Å². The summed E-state index contributed by atoms with van der Waals surface area (Å²) >= 11 is 1.53. The lowest BCUT2D eigenvalue weighted by Crippen LogP contribution is -2.34. The SMILES string of the molecule is CSCC[C@H](N)C(=O)OOC(=O)C(C)=O. The Labute approximate surface area is 91.4 Å². The van der Waals surface area contributed by atoms with E-state index in [1.807, 2.05) is 6.26 Å². The fourth-order valence-electron chi connectivity index (χ4n) is 0.562. The van der Waals surface area contributed by atoms with Gasteiger partial charge in [-0.15, -0.1) is 0 Å². The van der Waals surface area contributed by atoms with E-state index < -0.39 is 23.8 Å². The van der Waals surface area contributed by atoms with Gasteiger partial charge in [-0.05, 0) is 18.4 Å². The highest BCUT2D eigenvalue weighted by molar-refractivity contribution is 7.98. The van der Waals surface area contributed by atoms with Crippen molar-refractivity contribution in [1.82, 2.24) is 0 Å². The predicted molar refractivity (Wildman–Crippen MR) is 53.8 cm³/mol. The Balaban J connectivity index is 3.82. The number of carbonyl (C=O) groups is 3. The van der Waals surface area contributed by atoms with Gasteiger partial charge >= 0.3 is 11.9 Å². The lowest BCUT2D eigenvalue weighted by Gasteiger charge is -2.07. The first-order valence-corrected chi connectivity index (χ1v) is 5.56. The lowest BCUT2D eigenvalue weighted by molar-refractivity contribution is -0.257. The van der Waals surface area contributed by atoms with Gasteiger partial charge in [-0.1, -0.05) is 0 Å². The molecule has 1 atom stereocenters. The van der Waals surface area contributed by atoms with Crippen molar-refractivity contribution in [1.29, 1.82) is 0 Å². The Hall–Kier alpha value is -1.08. The molecule has 0 aliphatic heterocycles. The molecule has 6 nitrogen and oxygen atoms in total. The monoisotopic (exact) mass is 235 g/mol. The van der Waals surface area contributed by atoms with Crippen LogP contribution in [0.15, 0.2) is 0 Å². The molecule has 0 aromatic carbocycles. The Morgan fingerprint density at radius 3 is 2.40 bits per heavy atom. The van der Waals surface area contributed by atoms with Crippen molar-refractivity contribution in [3.8, 4) is 0 Å². The Morgan fingerprint density at radius 1 is 1.33 bits per heavy atom. The maximum Gasteiger partial charge on any atom is 0.421 e. The van der Waals surface area contributed by atoms with Crippen molar-refractivity contribution in [2.75, 3.05) is 12.0 Å². The zero-order valence-electron chi connectivity index (χ0n) is 8.52. The van der Waals surface area contributed by atoms with Crippen LogP contribution in [0.5, 0.6) is 0 Å². The molecule has 0 aromatic rings. The van der Waals surface area contributed by atoms with Crippen LogP contribution in [0.3, 0.4) is 0 Å². The Kier molecular flexibility index (Phi) is 6.72. The first-order valence-electron chi connectivity index (χ1n) is 4.16. The van der Waals surface area contributed by atoms with Crippen LogP contribution in [0.1, 0.15) is 13.3 Å². The van der Waals surface area contributed by atoms with Gasteiger partial charge in [-0.2, -0.15) is 11.8 Å². The van der Waals surface area contributed by atoms with Crippen LogP contribution in [-0.4, -0.2) is 35.8 Å². The van der Waals surface area contributed by atoms with Crippen LogP contribution < -0.4 is 5.73 Å². The summed E-state index contributed by atoms with van der Waals surface area (Å²) in [6, 6.07) is -0.850. The van der Waals surface area contributed by atoms with E-state index in [4.69, 9.17) is 5.73 Å². The van der Waals surface area contributed by atoms with Gasteiger partial charge in [0.2, 0.25) is 5.78 Å². The highest BCUT2D eigenvalue weighted by Gasteiger charge is 2.19. The molecular formula is C8H13NO5S. The van der Waals surface area contributed by atoms with Gasteiger partial charge in [-0.3, -0.25) is 4.79 Å². The molecule has 0 saturated heterocycles. The zero-order valence-corrected chi connectivity index (χ0v) is 9.33. The van der Waals surface area contributed by atoms with Crippen molar-refractivity contribution in [2.45, 2.75) is 19.4 Å². The van der Waals surface area contributed by atoms with Crippen LogP contribution >= 0.6 is 11.8 Å². The number of thioether (sulfide) groups is 1. The minimum Gasteiger partial charge on any atom is -0.318 e. The Morgan fingerprint density at radius 2 is 1.93 bits per heavy atom. The smallest absolute Gasteiger partial charge is 0.318 e. The topological polar surface area (TPSA) is 95.7 Å². The summed E-state index contributed by atoms with van der Waals surface area (Å²) in [4.78, 5) is 40.0. The molecule has 0 spiro atoms. The first-order chi connectivity index (χ1) is 6.99. The van der Waals surface area contributed by atoms with Crippen LogP contribution in [-0.2, 0) is 24.2 Å². The van der Waals surface area contributed by atoms with Gasteiger partial charge < -0.3 is 5.73 Å². The lowest BCUT2D eigenvalue weighted by atomic mass is 10.2. The van der Waals surface area contributed by atoms with E-state index in [9.17, 15) is 14.4 Å². The molecule has 0 rings (SSSR count). The van der Waals surface area contributed by atoms with Gasteiger partial charge in [0.05, 0.1) is 0 Å². The third-order valence-electron chi connectivity index (χ3n) is 1.42. The molecule has 0 aromatic heterocycles. The maximum absolute atomic E-state index is 11.0. The normalized spacial score (nSPS) is 11.7. The highest BCUT2D eigenvalue weighted by Crippen LogP contribution is 2.00. The van der Waals surface area contributed by atoms with Crippen LogP contribution in [0.4, 0.5) is 0 Å². The third-order valence-corrected chi connectivity index (χ3v) is 2.07. The van der Waals surface area contributed by atoms with Crippen molar-refractivity contribution in [3.63, 3.8) is 0 Å². The third kappa shape index (κ3) is 6.08. The molecule has 0 fully saturated rings.